The molecule has 0 fully saturated rings. The Morgan fingerprint density at radius 2 is 1.88 bits per heavy atom. The quantitative estimate of drug-likeness (QED) is 0.618. The zero-order valence-corrected chi connectivity index (χ0v) is 16.2. The highest BCUT2D eigenvalue weighted by molar-refractivity contribution is 9.10. The number of anilines is 1. The lowest BCUT2D eigenvalue weighted by Gasteiger charge is -2.11. The third kappa shape index (κ3) is 5.29. The molecule has 0 bridgehead atoms. The van der Waals surface area contributed by atoms with Crippen molar-refractivity contribution in [2.45, 2.75) is 25.2 Å². The van der Waals surface area contributed by atoms with Gasteiger partial charge in [-0.1, -0.05) is 33.6 Å². The first-order chi connectivity index (χ1) is 11.7. The molecule has 8 heteroatoms. The molecule has 2 rings (SSSR count). The molecule has 6 nitrogen and oxygen atoms in total. The predicted molar refractivity (Wildman–Crippen MR) is 100 cm³/mol. The molecule has 0 spiro atoms. The number of aromatic hydroxyl groups is 1. The average molecular weight is 427 g/mol. The van der Waals surface area contributed by atoms with E-state index in [0.29, 0.717) is 10.0 Å². The van der Waals surface area contributed by atoms with Gasteiger partial charge in [-0.25, -0.2) is 13.1 Å². The zero-order chi connectivity index (χ0) is 18.6. The number of sulfonamides is 1. The van der Waals surface area contributed by atoms with Gasteiger partial charge in [0.2, 0.25) is 15.9 Å². The SMILES string of the molecule is Cc1ccc(S(=O)(=O)NCCC(=O)Nc2ccc(Br)cc2O)c(C)c1. The smallest absolute Gasteiger partial charge is 0.240 e. The van der Waals surface area contributed by atoms with Gasteiger partial charge in [0.1, 0.15) is 5.75 Å². The number of rotatable bonds is 6. The molecule has 0 aliphatic heterocycles. The number of amides is 1. The largest absolute Gasteiger partial charge is 0.506 e. The molecule has 0 aliphatic rings. The number of hydrogen-bond donors (Lipinski definition) is 3. The maximum absolute atomic E-state index is 12.3. The van der Waals surface area contributed by atoms with Crippen molar-refractivity contribution in [3.8, 4) is 5.75 Å². The summed E-state index contributed by atoms with van der Waals surface area (Å²) in [4.78, 5) is 12.1. The van der Waals surface area contributed by atoms with Crippen LogP contribution in [-0.2, 0) is 14.8 Å². The second-order valence-corrected chi connectivity index (χ2v) is 8.28. The fourth-order valence-corrected chi connectivity index (χ4v) is 3.91. The van der Waals surface area contributed by atoms with Crippen LogP contribution in [0.15, 0.2) is 45.8 Å². The van der Waals surface area contributed by atoms with Crippen molar-refractivity contribution in [1.29, 1.82) is 0 Å². The lowest BCUT2D eigenvalue weighted by molar-refractivity contribution is -0.116. The molecule has 1 amide bonds. The van der Waals surface area contributed by atoms with E-state index in [0.717, 1.165) is 5.56 Å². The van der Waals surface area contributed by atoms with Crippen molar-refractivity contribution >= 4 is 37.5 Å². The minimum atomic E-state index is -3.68. The van der Waals surface area contributed by atoms with Crippen LogP contribution in [0.3, 0.4) is 0 Å². The number of phenols is 1. The fourth-order valence-electron chi connectivity index (χ4n) is 2.30. The average Bonchev–Trinajstić information content (AvgIpc) is 2.49. The van der Waals surface area contributed by atoms with E-state index in [1.54, 1.807) is 37.3 Å². The third-order valence-electron chi connectivity index (χ3n) is 3.50. The molecule has 3 N–H and O–H groups in total. The number of halogens is 1. The Kier molecular flexibility index (Phi) is 6.21. The van der Waals surface area contributed by atoms with Gasteiger partial charge in [0.25, 0.3) is 0 Å². The summed E-state index contributed by atoms with van der Waals surface area (Å²) >= 11 is 3.21. The van der Waals surface area contributed by atoms with Gasteiger partial charge in [-0.15, -0.1) is 0 Å². The second kappa shape index (κ2) is 7.99. The van der Waals surface area contributed by atoms with Gasteiger partial charge in [-0.3, -0.25) is 4.79 Å². The predicted octanol–water partition coefficient (Wildman–Crippen LogP) is 3.08. The summed E-state index contributed by atoms with van der Waals surface area (Å²) in [7, 11) is -3.68. The van der Waals surface area contributed by atoms with Crippen LogP contribution in [0.1, 0.15) is 17.5 Å². The van der Waals surface area contributed by atoms with Crippen molar-refractivity contribution in [3.63, 3.8) is 0 Å². The Hall–Kier alpha value is -1.90. The van der Waals surface area contributed by atoms with Crippen molar-refractivity contribution in [3.05, 3.63) is 52.0 Å². The molecular formula is C17H19BrN2O4S. The number of carbonyl (C=O) groups is 1. The zero-order valence-electron chi connectivity index (χ0n) is 13.8. The van der Waals surface area contributed by atoms with Crippen LogP contribution in [0.4, 0.5) is 5.69 Å². The van der Waals surface area contributed by atoms with E-state index in [9.17, 15) is 18.3 Å². The topological polar surface area (TPSA) is 95.5 Å². The van der Waals surface area contributed by atoms with Crippen LogP contribution in [0.5, 0.6) is 5.75 Å². The van der Waals surface area contributed by atoms with Gasteiger partial charge < -0.3 is 10.4 Å². The van der Waals surface area contributed by atoms with Crippen LogP contribution >= 0.6 is 15.9 Å². The summed E-state index contributed by atoms with van der Waals surface area (Å²) in [6, 6.07) is 9.75. The molecule has 0 aliphatic carbocycles. The number of nitrogens with one attached hydrogen (secondary N) is 2. The van der Waals surface area contributed by atoms with Crippen molar-refractivity contribution < 1.29 is 18.3 Å². The van der Waals surface area contributed by atoms with Crippen LogP contribution in [0.2, 0.25) is 0 Å². The van der Waals surface area contributed by atoms with Crippen LogP contribution in [0.25, 0.3) is 0 Å². The summed E-state index contributed by atoms with van der Waals surface area (Å²) in [5.74, 6) is -0.473. The lowest BCUT2D eigenvalue weighted by Crippen LogP contribution is -2.28. The molecule has 25 heavy (non-hydrogen) atoms. The number of aryl methyl sites for hydroxylation is 2. The normalized spacial score (nSPS) is 11.3. The first kappa shape index (κ1) is 19.4. The summed E-state index contributed by atoms with van der Waals surface area (Å²) in [6.07, 6.45) is -0.0559. The van der Waals surface area contributed by atoms with E-state index >= 15 is 0 Å². The molecule has 0 aromatic heterocycles. The first-order valence-electron chi connectivity index (χ1n) is 7.54. The molecule has 0 heterocycles. The Morgan fingerprint density at radius 3 is 2.52 bits per heavy atom. The van der Waals surface area contributed by atoms with E-state index in [1.807, 2.05) is 6.92 Å². The highest BCUT2D eigenvalue weighted by atomic mass is 79.9. The number of benzene rings is 2. The fraction of sp³-hybridized carbons (Fsp3) is 0.235. The van der Waals surface area contributed by atoms with Gasteiger partial charge in [-0.05, 0) is 43.7 Å². The second-order valence-electron chi connectivity index (χ2n) is 5.63. The third-order valence-corrected chi connectivity index (χ3v) is 5.61. The van der Waals surface area contributed by atoms with E-state index in [2.05, 4.69) is 26.0 Å². The number of carbonyl (C=O) groups excluding carboxylic acids is 1. The standard InChI is InChI=1S/C17H19BrN2O4S/c1-11-3-6-16(12(2)9-11)25(23,24)19-8-7-17(22)20-14-5-4-13(18)10-15(14)21/h3-6,9-10,19,21H,7-8H2,1-2H3,(H,20,22). The van der Waals surface area contributed by atoms with E-state index in [4.69, 9.17) is 0 Å². The Labute approximate surface area is 155 Å². The Morgan fingerprint density at radius 1 is 1.16 bits per heavy atom. The minimum absolute atomic E-state index is 0.0429. The van der Waals surface area contributed by atoms with Gasteiger partial charge in [0.05, 0.1) is 10.6 Å². The Bertz CT molecular complexity index is 898. The van der Waals surface area contributed by atoms with Crippen molar-refractivity contribution in [2.24, 2.45) is 0 Å². The van der Waals surface area contributed by atoms with E-state index in [1.165, 1.54) is 6.07 Å². The molecule has 0 saturated heterocycles. The van der Waals surface area contributed by atoms with Crippen molar-refractivity contribution in [2.75, 3.05) is 11.9 Å². The molecular weight excluding hydrogens is 408 g/mol. The van der Waals surface area contributed by atoms with Gasteiger partial charge in [-0.2, -0.15) is 0 Å². The summed E-state index contributed by atoms with van der Waals surface area (Å²) < 4.78 is 27.7. The van der Waals surface area contributed by atoms with Crippen LogP contribution < -0.4 is 10.0 Å². The maximum atomic E-state index is 12.3. The van der Waals surface area contributed by atoms with E-state index < -0.39 is 15.9 Å². The van der Waals surface area contributed by atoms with Crippen molar-refractivity contribution in [1.82, 2.24) is 4.72 Å². The number of phenolic OH excluding ortho intramolecular Hbond substituents is 1. The molecule has 134 valence electrons. The van der Waals surface area contributed by atoms with Crippen LogP contribution in [-0.4, -0.2) is 26.0 Å². The summed E-state index contributed by atoms with van der Waals surface area (Å²) in [5.41, 5.74) is 1.90. The highest BCUT2D eigenvalue weighted by Crippen LogP contribution is 2.26. The monoisotopic (exact) mass is 426 g/mol. The molecule has 2 aromatic rings. The minimum Gasteiger partial charge on any atom is -0.506 e. The lowest BCUT2D eigenvalue weighted by atomic mass is 10.2. The van der Waals surface area contributed by atoms with Gasteiger partial charge >= 0.3 is 0 Å². The molecule has 2 aromatic carbocycles. The van der Waals surface area contributed by atoms with Crippen LogP contribution in [0, 0.1) is 13.8 Å². The van der Waals surface area contributed by atoms with E-state index in [-0.39, 0.29) is 29.3 Å². The molecule has 0 saturated carbocycles. The maximum Gasteiger partial charge on any atom is 0.240 e. The summed E-state index contributed by atoms with van der Waals surface area (Å²) in [6.45, 7) is 3.57. The molecule has 0 atom stereocenters. The molecule has 0 unspecified atom stereocenters. The van der Waals surface area contributed by atoms with Gasteiger partial charge in [0, 0.05) is 17.4 Å². The summed E-state index contributed by atoms with van der Waals surface area (Å²) in [5, 5.41) is 12.3. The van der Waals surface area contributed by atoms with Gasteiger partial charge in [0.15, 0.2) is 0 Å². The Balaban J connectivity index is 1.94. The first-order valence-corrected chi connectivity index (χ1v) is 9.82. The highest BCUT2D eigenvalue weighted by Gasteiger charge is 2.17. The molecule has 0 radical (unpaired) electrons. The number of hydrogen-bond acceptors (Lipinski definition) is 4.